The molecule has 2 N–H and O–H groups in total. The first-order valence-corrected chi connectivity index (χ1v) is 5.82. The molecule has 0 atom stereocenters. The quantitative estimate of drug-likeness (QED) is 0.738. The zero-order valence-corrected chi connectivity index (χ0v) is 10.5. The van der Waals surface area contributed by atoms with Crippen molar-refractivity contribution in [2.24, 2.45) is 7.05 Å². The number of ether oxygens (including phenoxy) is 1. The fourth-order valence-electron chi connectivity index (χ4n) is 1.69. The summed E-state index contributed by atoms with van der Waals surface area (Å²) in [6.07, 6.45) is 4.30. The number of nitrogens with zero attached hydrogens (tertiary/aromatic N) is 2. The van der Waals surface area contributed by atoms with E-state index in [-0.39, 0.29) is 5.46 Å². The number of hydrogen-bond acceptors (Lipinski definition) is 4. The zero-order valence-electron chi connectivity index (χ0n) is 10.5. The summed E-state index contributed by atoms with van der Waals surface area (Å²) >= 11 is 0. The molecule has 0 saturated carbocycles. The summed E-state index contributed by atoms with van der Waals surface area (Å²) in [6.45, 7) is 0.395. The largest absolute Gasteiger partial charge is 0.493 e. The Kier molecular flexibility index (Phi) is 4.18. The maximum Gasteiger partial charge on any atom is 0.491 e. The van der Waals surface area contributed by atoms with Crippen molar-refractivity contribution in [1.82, 2.24) is 9.78 Å². The molecular weight excluding hydrogens is 250 g/mol. The van der Waals surface area contributed by atoms with Crippen LogP contribution in [-0.2, 0) is 13.5 Å². The SMILES string of the molecule is Cn1cc(CCOc2ccc(B(O)O)c(F)c2)cn1. The molecule has 0 radical (unpaired) electrons. The molecule has 0 unspecified atom stereocenters. The highest BCUT2D eigenvalue weighted by Crippen LogP contribution is 2.11. The lowest BCUT2D eigenvalue weighted by atomic mass is 9.80. The first-order chi connectivity index (χ1) is 9.06. The Morgan fingerprint density at radius 2 is 2.21 bits per heavy atom. The monoisotopic (exact) mass is 264 g/mol. The summed E-state index contributed by atoms with van der Waals surface area (Å²) in [5, 5.41) is 21.8. The molecular formula is C12H14BFN2O3. The Morgan fingerprint density at radius 1 is 1.42 bits per heavy atom. The molecule has 1 aromatic carbocycles. The van der Waals surface area contributed by atoms with Crippen LogP contribution in [0.4, 0.5) is 4.39 Å². The van der Waals surface area contributed by atoms with Crippen LogP contribution >= 0.6 is 0 Å². The van der Waals surface area contributed by atoms with E-state index in [9.17, 15) is 4.39 Å². The van der Waals surface area contributed by atoms with E-state index in [1.165, 1.54) is 12.1 Å². The van der Waals surface area contributed by atoms with Crippen LogP contribution in [0.2, 0.25) is 0 Å². The normalized spacial score (nSPS) is 10.5. The molecule has 0 aliphatic rings. The molecule has 7 heteroatoms. The van der Waals surface area contributed by atoms with Crippen LogP contribution in [0, 0.1) is 5.82 Å². The van der Waals surface area contributed by atoms with Crippen molar-refractivity contribution in [3.8, 4) is 5.75 Å². The van der Waals surface area contributed by atoms with Gasteiger partial charge < -0.3 is 14.8 Å². The standard InChI is InChI=1S/C12H14BFN2O3/c1-16-8-9(7-15-16)4-5-19-10-2-3-11(13(17)18)12(14)6-10/h2-3,6-8,17-18H,4-5H2,1H3. The van der Waals surface area contributed by atoms with E-state index in [0.717, 1.165) is 11.6 Å². The molecule has 0 fully saturated rings. The van der Waals surface area contributed by atoms with Gasteiger partial charge in [-0.2, -0.15) is 5.10 Å². The molecule has 1 heterocycles. The van der Waals surface area contributed by atoms with Crippen LogP contribution in [0.3, 0.4) is 0 Å². The lowest BCUT2D eigenvalue weighted by molar-refractivity contribution is 0.320. The van der Waals surface area contributed by atoms with Gasteiger partial charge in [0.1, 0.15) is 11.6 Å². The maximum atomic E-state index is 13.4. The third kappa shape index (κ3) is 3.55. The third-order valence-corrected chi connectivity index (χ3v) is 2.67. The van der Waals surface area contributed by atoms with Crippen LogP contribution in [0.5, 0.6) is 5.75 Å². The van der Waals surface area contributed by atoms with Gasteiger partial charge in [0.25, 0.3) is 0 Å². The molecule has 0 aliphatic heterocycles. The molecule has 0 amide bonds. The second kappa shape index (κ2) is 5.86. The predicted molar refractivity (Wildman–Crippen MR) is 68.6 cm³/mol. The van der Waals surface area contributed by atoms with Crippen molar-refractivity contribution < 1.29 is 19.2 Å². The summed E-state index contributed by atoms with van der Waals surface area (Å²) in [5.41, 5.74) is 0.866. The minimum absolute atomic E-state index is 0.167. The highest BCUT2D eigenvalue weighted by Gasteiger charge is 2.16. The van der Waals surface area contributed by atoms with Gasteiger partial charge in [0.2, 0.25) is 0 Å². The van der Waals surface area contributed by atoms with Gasteiger partial charge in [0.05, 0.1) is 12.8 Å². The van der Waals surface area contributed by atoms with E-state index in [0.29, 0.717) is 18.8 Å². The van der Waals surface area contributed by atoms with E-state index in [1.807, 2.05) is 13.2 Å². The Labute approximate surface area is 110 Å². The van der Waals surface area contributed by atoms with E-state index >= 15 is 0 Å². The minimum Gasteiger partial charge on any atom is -0.493 e. The van der Waals surface area contributed by atoms with Crippen LogP contribution in [-0.4, -0.2) is 33.6 Å². The number of aryl methyl sites for hydroxylation is 1. The van der Waals surface area contributed by atoms with Crippen molar-refractivity contribution in [3.05, 3.63) is 42.0 Å². The fourth-order valence-corrected chi connectivity index (χ4v) is 1.69. The Balaban J connectivity index is 1.91. The van der Waals surface area contributed by atoms with Gasteiger partial charge in [-0.3, -0.25) is 4.68 Å². The van der Waals surface area contributed by atoms with Crippen LogP contribution < -0.4 is 10.2 Å². The number of rotatable bonds is 5. The van der Waals surface area contributed by atoms with Gasteiger partial charge in [0.15, 0.2) is 0 Å². The predicted octanol–water partition coefficient (Wildman–Crippen LogP) is -0.140. The summed E-state index contributed by atoms with van der Waals surface area (Å²) in [4.78, 5) is 0. The Bertz CT molecular complexity index is 560. The molecule has 19 heavy (non-hydrogen) atoms. The first kappa shape index (κ1) is 13.6. The highest BCUT2D eigenvalue weighted by molar-refractivity contribution is 6.58. The van der Waals surface area contributed by atoms with Crippen LogP contribution in [0.15, 0.2) is 30.6 Å². The number of halogens is 1. The highest BCUT2D eigenvalue weighted by atomic mass is 19.1. The maximum absolute atomic E-state index is 13.4. The van der Waals surface area contributed by atoms with Gasteiger partial charge in [-0.15, -0.1) is 0 Å². The van der Waals surface area contributed by atoms with Gasteiger partial charge in [0, 0.05) is 31.2 Å². The smallest absolute Gasteiger partial charge is 0.491 e. The molecule has 0 spiro atoms. The molecule has 2 rings (SSSR count). The average Bonchev–Trinajstić information content (AvgIpc) is 2.75. The lowest BCUT2D eigenvalue weighted by Gasteiger charge is -2.07. The molecule has 1 aromatic heterocycles. The molecule has 0 saturated heterocycles. The van der Waals surface area contributed by atoms with Gasteiger partial charge in [-0.1, -0.05) is 6.07 Å². The molecule has 100 valence electrons. The van der Waals surface area contributed by atoms with Crippen LogP contribution in [0.25, 0.3) is 0 Å². The van der Waals surface area contributed by atoms with Gasteiger partial charge >= 0.3 is 7.12 Å². The molecule has 5 nitrogen and oxygen atoms in total. The number of hydrogen-bond donors (Lipinski definition) is 2. The van der Waals surface area contributed by atoms with Crippen LogP contribution in [0.1, 0.15) is 5.56 Å². The second-order valence-corrected chi connectivity index (χ2v) is 4.18. The summed E-state index contributed by atoms with van der Waals surface area (Å²) in [6, 6.07) is 3.93. The first-order valence-electron chi connectivity index (χ1n) is 5.82. The average molecular weight is 264 g/mol. The van der Waals surface area contributed by atoms with Crippen molar-refractivity contribution >= 4 is 12.6 Å². The van der Waals surface area contributed by atoms with E-state index < -0.39 is 12.9 Å². The van der Waals surface area contributed by atoms with Crippen molar-refractivity contribution in [1.29, 1.82) is 0 Å². The molecule has 2 aromatic rings. The zero-order chi connectivity index (χ0) is 13.8. The lowest BCUT2D eigenvalue weighted by Crippen LogP contribution is -2.32. The minimum atomic E-state index is -1.82. The third-order valence-electron chi connectivity index (χ3n) is 2.67. The van der Waals surface area contributed by atoms with E-state index in [2.05, 4.69) is 5.10 Å². The number of benzene rings is 1. The van der Waals surface area contributed by atoms with Crippen molar-refractivity contribution in [3.63, 3.8) is 0 Å². The Morgan fingerprint density at radius 3 is 2.79 bits per heavy atom. The van der Waals surface area contributed by atoms with E-state index in [1.54, 1.807) is 10.9 Å². The van der Waals surface area contributed by atoms with Gasteiger partial charge in [-0.05, 0) is 11.6 Å². The summed E-state index contributed by atoms with van der Waals surface area (Å²) in [7, 11) is 0.0167. The molecule has 0 bridgehead atoms. The van der Waals surface area contributed by atoms with E-state index in [4.69, 9.17) is 14.8 Å². The van der Waals surface area contributed by atoms with Crippen molar-refractivity contribution in [2.45, 2.75) is 6.42 Å². The topological polar surface area (TPSA) is 67.5 Å². The Hall–Kier alpha value is -1.86. The number of aromatic nitrogens is 2. The second-order valence-electron chi connectivity index (χ2n) is 4.18. The fraction of sp³-hybridized carbons (Fsp3) is 0.250. The van der Waals surface area contributed by atoms with Crippen molar-refractivity contribution in [2.75, 3.05) is 6.61 Å². The van der Waals surface area contributed by atoms with Gasteiger partial charge in [-0.25, -0.2) is 4.39 Å². The summed E-state index contributed by atoms with van der Waals surface area (Å²) in [5.74, 6) is -0.348. The summed E-state index contributed by atoms with van der Waals surface area (Å²) < 4.78 is 20.5. The molecule has 0 aliphatic carbocycles.